The zero-order valence-corrected chi connectivity index (χ0v) is 15.2. The minimum Gasteiger partial charge on any atom is -0.377 e. The quantitative estimate of drug-likeness (QED) is 0.374. The smallest absolute Gasteiger partial charge is 0.180 e. The molecule has 136 valence electrons. The van der Waals surface area contributed by atoms with Crippen molar-refractivity contribution < 1.29 is 8.78 Å². The molecule has 0 bridgehead atoms. The van der Waals surface area contributed by atoms with Gasteiger partial charge in [-0.05, 0) is 28.8 Å². The summed E-state index contributed by atoms with van der Waals surface area (Å²) in [5, 5.41) is 8.32. The van der Waals surface area contributed by atoms with Crippen molar-refractivity contribution in [3.63, 3.8) is 0 Å². The lowest BCUT2D eigenvalue weighted by Gasteiger charge is -2.04. The first-order chi connectivity index (χ1) is 13.1. The van der Waals surface area contributed by atoms with Crippen LogP contribution >= 0.6 is 11.8 Å². The van der Waals surface area contributed by atoms with Crippen molar-refractivity contribution in [3.05, 3.63) is 95.6 Å². The lowest BCUT2D eigenvalue weighted by atomic mass is 10.0. The van der Waals surface area contributed by atoms with Gasteiger partial charge in [0, 0.05) is 17.4 Å². The summed E-state index contributed by atoms with van der Waals surface area (Å²) >= 11 is 1.41. The van der Waals surface area contributed by atoms with Gasteiger partial charge in [0.25, 0.3) is 0 Å². The molecule has 3 aromatic rings. The van der Waals surface area contributed by atoms with Gasteiger partial charge in [-0.1, -0.05) is 66.4 Å². The molecule has 3 rings (SSSR count). The Hall–Kier alpha value is -2.99. The van der Waals surface area contributed by atoms with Gasteiger partial charge >= 0.3 is 0 Å². The minimum absolute atomic E-state index is 0.347. The van der Waals surface area contributed by atoms with E-state index in [1.165, 1.54) is 23.9 Å². The van der Waals surface area contributed by atoms with Crippen molar-refractivity contribution in [1.82, 2.24) is 0 Å². The Morgan fingerprint density at radius 3 is 2.41 bits per heavy atom. The van der Waals surface area contributed by atoms with E-state index >= 15 is 0 Å². The molecular weight excluding hydrogens is 364 g/mol. The number of nitrogens with zero attached hydrogens (tertiary/aromatic N) is 2. The standard InChI is InChI=1S/C21H17F2N3S/c22-18-10-11-19(20(23)12-18)17-8-6-15(7-9-17)13-25-26-21(24)27-14-16-4-2-1-3-5-16/h1-13H,14H2,(H2,24,26). The van der Waals surface area contributed by atoms with Gasteiger partial charge in [-0.15, -0.1) is 5.10 Å². The van der Waals surface area contributed by atoms with E-state index in [-0.39, 0.29) is 0 Å². The SMILES string of the molecule is NC(=NN=Cc1ccc(-c2ccc(F)cc2F)cc1)SCc1ccccc1. The third kappa shape index (κ3) is 5.49. The summed E-state index contributed by atoms with van der Waals surface area (Å²) < 4.78 is 26.8. The second-order valence-corrected chi connectivity index (χ2v) is 6.70. The van der Waals surface area contributed by atoms with Crippen LogP contribution in [0.5, 0.6) is 0 Å². The van der Waals surface area contributed by atoms with E-state index in [9.17, 15) is 8.78 Å². The van der Waals surface area contributed by atoms with Gasteiger partial charge in [0.15, 0.2) is 5.17 Å². The van der Waals surface area contributed by atoms with E-state index in [0.29, 0.717) is 16.3 Å². The lowest BCUT2D eigenvalue weighted by molar-refractivity contribution is 0.585. The van der Waals surface area contributed by atoms with Gasteiger partial charge in [0.1, 0.15) is 11.6 Å². The maximum absolute atomic E-state index is 13.8. The van der Waals surface area contributed by atoms with Gasteiger partial charge in [-0.3, -0.25) is 0 Å². The highest BCUT2D eigenvalue weighted by Crippen LogP contribution is 2.23. The number of thioether (sulfide) groups is 1. The fourth-order valence-corrected chi connectivity index (χ4v) is 3.00. The summed E-state index contributed by atoms with van der Waals surface area (Å²) in [7, 11) is 0. The predicted octanol–water partition coefficient (Wildman–Crippen LogP) is 5.21. The summed E-state index contributed by atoms with van der Waals surface area (Å²) in [4.78, 5) is 0. The number of amidine groups is 1. The zero-order chi connectivity index (χ0) is 19.1. The van der Waals surface area contributed by atoms with E-state index < -0.39 is 11.6 Å². The molecule has 6 heteroatoms. The monoisotopic (exact) mass is 381 g/mol. The molecule has 0 radical (unpaired) electrons. The number of rotatable bonds is 5. The number of benzene rings is 3. The second kappa shape index (κ2) is 9.09. The van der Waals surface area contributed by atoms with E-state index in [1.54, 1.807) is 30.5 Å². The molecular formula is C21H17F2N3S. The maximum atomic E-state index is 13.8. The Bertz CT molecular complexity index is 955. The molecule has 0 aliphatic carbocycles. The average Bonchev–Trinajstić information content (AvgIpc) is 2.68. The molecule has 0 atom stereocenters. The lowest BCUT2D eigenvalue weighted by Crippen LogP contribution is -2.05. The molecule has 0 heterocycles. The van der Waals surface area contributed by atoms with Gasteiger partial charge in [0.2, 0.25) is 0 Å². The number of hydrogen-bond donors (Lipinski definition) is 1. The summed E-state index contributed by atoms with van der Waals surface area (Å²) in [5.74, 6) is -0.464. The third-order valence-electron chi connectivity index (χ3n) is 3.75. The van der Waals surface area contributed by atoms with Crippen LogP contribution in [0.25, 0.3) is 11.1 Å². The highest BCUT2D eigenvalue weighted by Gasteiger charge is 2.06. The molecule has 0 aliphatic rings. The average molecular weight is 381 g/mol. The Morgan fingerprint density at radius 1 is 0.963 bits per heavy atom. The fourth-order valence-electron chi connectivity index (χ4n) is 2.39. The van der Waals surface area contributed by atoms with Crippen LogP contribution < -0.4 is 5.73 Å². The molecule has 0 saturated heterocycles. The van der Waals surface area contributed by atoms with Crippen LogP contribution in [0.15, 0.2) is 83.0 Å². The van der Waals surface area contributed by atoms with Crippen LogP contribution in [0.4, 0.5) is 8.78 Å². The van der Waals surface area contributed by atoms with E-state index in [2.05, 4.69) is 10.2 Å². The Balaban J connectivity index is 1.60. The van der Waals surface area contributed by atoms with Crippen LogP contribution in [0.3, 0.4) is 0 Å². The van der Waals surface area contributed by atoms with E-state index in [4.69, 9.17) is 5.73 Å². The molecule has 0 saturated carbocycles. The molecule has 0 aromatic heterocycles. The Morgan fingerprint density at radius 2 is 1.70 bits per heavy atom. The van der Waals surface area contributed by atoms with Crippen LogP contribution in [0.2, 0.25) is 0 Å². The minimum atomic E-state index is -0.597. The van der Waals surface area contributed by atoms with Gasteiger partial charge in [0.05, 0.1) is 6.21 Å². The second-order valence-electron chi connectivity index (χ2n) is 5.70. The molecule has 0 fully saturated rings. The molecule has 3 aromatic carbocycles. The van der Waals surface area contributed by atoms with Crippen molar-refractivity contribution in [1.29, 1.82) is 0 Å². The van der Waals surface area contributed by atoms with E-state index in [1.807, 2.05) is 30.3 Å². The molecule has 0 amide bonds. The van der Waals surface area contributed by atoms with Crippen LogP contribution in [-0.2, 0) is 5.75 Å². The van der Waals surface area contributed by atoms with E-state index in [0.717, 1.165) is 22.9 Å². The largest absolute Gasteiger partial charge is 0.377 e. The number of hydrogen-bond acceptors (Lipinski definition) is 3. The van der Waals surface area contributed by atoms with Crippen LogP contribution in [-0.4, -0.2) is 11.4 Å². The van der Waals surface area contributed by atoms with Crippen molar-refractivity contribution in [3.8, 4) is 11.1 Å². The molecule has 0 spiro atoms. The summed E-state index contributed by atoms with van der Waals surface area (Å²) in [6.45, 7) is 0. The molecule has 27 heavy (non-hydrogen) atoms. The molecule has 0 aliphatic heterocycles. The summed E-state index contributed by atoms with van der Waals surface area (Å²) in [5.41, 5.74) is 8.80. The highest BCUT2D eigenvalue weighted by molar-refractivity contribution is 8.13. The van der Waals surface area contributed by atoms with Crippen molar-refractivity contribution in [2.75, 3.05) is 0 Å². The highest BCUT2D eigenvalue weighted by atomic mass is 32.2. The summed E-state index contributed by atoms with van der Waals surface area (Å²) in [6.07, 6.45) is 1.57. The molecule has 2 N–H and O–H groups in total. The first-order valence-electron chi connectivity index (χ1n) is 8.20. The number of nitrogens with two attached hydrogens (primary N) is 1. The van der Waals surface area contributed by atoms with Crippen molar-refractivity contribution in [2.45, 2.75) is 5.75 Å². The topological polar surface area (TPSA) is 50.7 Å². The predicted molar refractivity (Wildman–Crippen MR) is 109 cm³/mol. The first-order valence-corrected chi connectivity index (χ1v) is 9.19. The van der Waals surface area contributed by atoms with Crippen LogP contribution in [0.1, 0.15) is 11.1 Å². The number of halogens is 2. The zero-order valence-electron chi connectivity index (χ0n) is 14.3. The summed E-state index contributed by atoms with van der Waals surface area (Å²) in [6, 6.07) is 20.5. The maximum Gasteiger partial charge on any atom is 0.180 e. The Labute approximate surface area is 160 Å². The normalized spacial score (nSPS) is 11.9. The van der Waals surface area contributed by atoms with Gasteiger partial charge in [-0.2, -0.15) is 5.10 Å². The van der Waals surface area contributed by atoms with Gasteiger partial charge < -0.3 is 5.73 Å². The van der Waals surface area contributed by atoms with Crippen LogP contribution in [0, 0.1) is 11.6 Å². The first kappa shape index (κ1) is 18.8. The Kier molecular flexibility index (Phi) is 6.33. The molecule has 3 nitrogen and oxygen atoms in total. The molecule has 0 unspecified atom stereocenters. The van der Waals surface area contributed by atoms with Crippen molar-refractivity contribution >= 4 is 23.1 Å². The third-order valence-corrected chi connectivity index (χ3v) is 4.60. The fraction of sp³-hybridized carbons (Fsp3) is 0.0476. The van der Waals surface area contributed by atoms with Gasteiger partial charge in [-0.25, -0.2) is 8.78 Å². The van der Waals surface area contributed by atoms with Crippen molar-refractivity contribution in [2.24, 2.45) is 15.9 Å².